The van der Waals surface area contributed by atoms with Crippen LogP contribution in [0.1, 0.15) is 5.56 Å². The van der Waals surface area contributed by atoms with E-state index in [1.54, 1.807) is 12.1 Å². The van der Waals surface area contributed by atoms with E-state index in [9.17, 15) is 4.79 Å². The first-order valence-corrected chi connectivity index (χ1v) is 7.38. The van der Waals surface area contributed by atoms with Crippen LogP contribution in [0.15, 0.2) is 48.5 Å². The predicted molar refractivity (Wildman–Crippen MR) is 93.8 cm³/mol. The number of terminal acetylenes is 1. The minimum atomic E-state index is -0.505. The molecule has 0 radical (unpaired) electrons. The van der Waals surface area contributed by atoms with Crippen LogP contribution in [0, 0.1) is 12.3 Å². The Labute approximate surface area is 141 Å². The second kappa shape index (κ2) is 8.11. The largest absolute Gasteiger partial charge is 0.453 e. The van der Waals surface area contributed by atoms with E-state index in [0.29, 0.717) is 23.8 Å². The Balaban J connectivity index is 2.16. The smallest absolute Gasteiger partial charge is 0.411 e. The molecule has 118 valence electrons. The van der Waals surface area contributed by atoms with Crippen LogP contribution < -0.4 is 10.2 Å². The number of hydrogen-bond donors (Lipinski definition) is 1. The Morgan fingerprint density at radius 1 is 1.26 bits per heavy atom. The summed E-state index contributed by atoms with van der Waals surface area (Å²) in [6.45, 7) is 1.06. The molecule has 0 unspecified atom stereocenters. The highest BCUT2D eigenvalue weighted by Gasteiger charge is 2.09. The highest BCUT2D eigenvalue weighted by atomic mass is 35.5. The van der Waals surface area contributed by atoms with Gasteiger partial charge in [-0.15, -0.1) is 6.42 Å². The van der Waals surface area contributed by atoms with Crippen LogP contribution in [-0.4, -0.2) is 19.7 Å². The number of ether oxygens (including phenoxy) is 1. The van der Waals surface area contributed by atoms with Gasteiger partial charge in [-0.2, -0.15) is 0 Å². The maximum Gasteiger partial charge on any atom is 0.411 e. The molecule has 2 aromatic carbocycles. The SMILES string of the molecule is C#CCN(Cc1ccccc1Cl)c1ccc(NC(=O)OC)cc1. The van der Waals surface area contributed by atoms with Gasteiger partial charge in [0.15, 0.2) is 0 Å². The lowest BCUT2D eigenvalue weighted by atomic mass is 10.2. The van der Waals surface area contributed by atoms with Crippen molar-refractivity contribution in [2.75, 3.05) is 23.9 Å². The Morgan fingerprint density at radius 2 is 1.96 bits per heavy atom. The first-order valence-electron chi connectivity index (χ1n) is 7.01. The van der Waals surface area contributed by atoms with Gasteiger partial charge in [-0.3, -0.25) is 5.32 Å². The standard InChI is InChI=1S/C18H17ClN2O2/c1-3-12-21(13-14-6-4-5-7-17(14)19)16-10-8-15(9-11-16)20-18(22)23-2/h1,4-11H,12-13H2,2H3,(H,20,22). The van der Waals surface area contributed by atoms with Crippen molar-refractivity contribution in [1.29, 1.82) is 0 Å². The third-order valence-corrected chi connectivity index (χ3v) is 3.63. The van der Waals surface area contributed by atoms with Gasteiger partial charge in [-0.25, -0.2) is 4.79 Å². The van der Waals surface area contributed by atoms with Crippen LogP contribution in [-0.2, 0) is 11.3 Å². The lowest BCUT2D eigenvalue weighted by Gasteiger charge is -2.23. The molecular formula is C18H17ClN2O2. The number of anilines is 2. The van der Waals surface area contributed by atoms with Crippen molar-refractivity contribution in [2.45, 2.75) is 6.54 Å². The maximum atomic E-state index is 11.2. The quantitative estimate of drug-likeness (QED) is 0.838. The lowest BCUT2D eigenvalue weighted by molar-refractivity contribution is 0.187. The second-order valence-electron chi connectivity index (χ2n) is 4.82. The summed E-state index contributed by atoms with van der Waals surface area (Å²) in [5.41, 5.74) is 2.60. The van der Waals surface area contributed by atoms with Crippen molar-refractivity contribution in [2.24, 2.45) is 0 Å². The number of hydrogen-bond acceptors (Lipinski definition) is 3. The minimum absolute atomic E-state index is 0.453. The van der Waals surface area contributed by atoms with E-state index in [1.165, 1.54) is 7.11 Å². The van der Waals surface area contributed by atoms with Crippen molar-refractivity contribution in [3.8, 4) is 12.3 Å². The van der Waals surface area contributed by atoms with Crippen LogP contribution >= 0.6 is 11.6 Å². The number of carbonyl (C=O) groups is 1. The molecule has 1 amide bonds. The number of methoxy groups -OCH3 is 1. The first-order chi connectivity index (χ1) is 11.1. The number of nitrogens with one attached hydrogen (secondary N) is 1. The van der Waals surface area contributed by atoms with Crippen molar-refractivity contribution in [1.82, 2.24) is 0 Å². The molecule has 5 heteroatoms. The van der Waals surface area contributed by atoms with E-state index in [2.05, 4.69) is 16.0 Å². The topological polar surface area (TPSA) is 41.6 Å². The molecule has 0 saturated carbocycles. The molecule has 0 aliphatic heterocycles. The fourth-order valence-corrected chi connectivity index (χ4v) is 2.30. The predicted octanol–water partition coefficient (Wildman–Crippen LogP) is 4.16. The molecule has 0 saturated heterocycles. The average molecular weight is 329 g/mol. The zero-order chi connectivity index (χ0) is 16.7. The number of rotatable bonds is 5. The van der Waals surface area contributed by atoms with E-state index in [4.69, 9.17) is 18.0 Å². The van der Waals surface area contributed by atoms with Gasteiger partial charge in [0.25, 0.3) is 0 Å². The van der Waals surface area contributed by atoms with Gasteiger partial charge in [-0.1, -0.05) is 35.7 Å². The van der Waals surface area contributed by atoms with E-state index >= 15 is 0 Å². The highest BCUT2D eigenvalue weighted by Crippen LogP contribution is 2.23. The van der Waals surface area contributed by atoms with Crippen molar-refractivity contribution >= 4 is 29.1 Å². The molecule has 2 aromatic rings. The van der Waals surface area contributed by atoms with Gasteiger partial charge >= 0.3 is 6.09 Å². The van der Waals surface area contributed by atoms with Gasteiger partial charge in [0.2, 0.25) is 0 Å². The van der Waals surface area contributed by atoms with Gasteiger partial charge in [0, 0.05) is 22.9 Å². The number of benzene rings is 2. The van der Waals surface area contributed by atoms with Crippen LogP contribution in [0.3, 0.4) is 0 Å². The van der Waals surface area contributed by atoms with Crippen molar-refractivity contribution < 1.29 is 9.53 Å². The zero-order valence-electron chi connectivity index (χ0n) is 12.8. The third kappa shape index (κ3) is 4.67. The van der Waals surface area contributed by atoms with Crippen LogP contribution in [0.5, 0.6) is 0 Å². The second-order valence-corrected chi connectivity index (χ2v) is 5.22. The summed E-state index contributed by atoms with van der Waals surface area (Å²) >= 11 is 6.21. The molecule has 2 rings (SSSR count). The molecule has 0 atom stereocenters. The third-order valence-electron chi connectivity index (χ3n) is 3.27. The average Bonchev–Trinajstić information content (AvgIpc) is 2.57. The van der Waals surface area contributed by atoms with Gasteiger partial charge in [0.1, 0.15) is 0 Å². The molecule has 0 heterocycles. The van der Waals surface area contributed by atoms with E-state index < -0.39 is 6.09 Å². The fourth-order valence-electron chi connectivity index (χ4n) is 2.11. The molecule has 23 heavy (non-hydrogen) atoms. The Hall–Kier alpha value is -2.64. The molecule has 0 aromatic heterocycles. The Bertz CT molecular complexity index is 708. The molecule has 1 N–H and O–H groups in total. The van der Waals surface area contributed by atoms with Gasteiger partial charge in [-0.05, 0) is 35.9 Å². The summed E-state index contributed by atoms with van der Waals surface area (Å²) in [7, 11) is 1.32. The van der Waals surface area contributed by atoms with Crippen LogP contribution in [0.2, 0.25) is 5.02 Å². The lowest BCUT2D eigenvalue weighted by Crippen LogP contribution is -2.23. The van der Waals surface area contributed by atoms with Gasteiger partial charge in [0.05, 0.1) is 13.7 Å². The van der Waals surface area contributed by atoms with Crippen LogP contribution in [0.25, 0.3) is 0 Å². The minimum Gasteiger partial charge on any atom is -0.453 e. The Morgan fingerprint density at radius 3 is 2.57 bits per heavy atom. The normalized spacial score (nSPS) is 9.78. The number of nitrogens with zero attached hydrogens (tertiary/aromatic N) is 1. The molecule has 0 aliphatic rings. The number of amides is 1. The summed E-state index contributed by atoms with van der Waals surface area (Å²) in [5.74, 6) is 2.66. The summed E-state index contributed by atoms with van der Waals surface area (Å²) < 4.78 is 4.56. The summed E-state index contributed by atoms with van der Waals surface area (Å²) in [4.78, 5) is 13.2. The number of carbonyl (C=O) groups excluding carboxylic acids is 1. The van der Waals surface area contributed by atoms with E-state index in [-0.39, 0.29) is 0 Å². The summed E-state index contributed by atoms with van der Waals surface area (Å²) in [6, 6.07) is 15.0. The van der Waals surface area contributed by atoms with E-state index in [0.717, 1.165) is 11.3 Å². The molecule has 4 nitrogen and oxygen atoms in total. The molecule has 0 fully saturated rings. The molecule has 0 bridgehead atoms. The Kier molecular flexibility index (Phi) is 5.90. The molecule has 0 aliphatic carbocycles. The summed E-state index contributed by atoms with van der Waals surface area (Å²) in [6.07, 6.45) is 4.97. The maximum absolute atomic E-state index is 11.2. The highest BCUT2D eigenvalue weighted by molar-refractivity contribution is 6.31. The van der Waals surface area contributed by atoms with Crippen molar-refractivity contribution in [3.63, 3.8) is 0 Å². The van der Waals surface area contributed by atoms with Gasteiger partial charge < -0.3 is 9.64 Å². The monoisotopic (exact) mass is 328 g/mol. The van der Waals surface area contributed by atoms with E-state index in [1.807, 2.05) is 41.3 Å². The fraction of sp³-hybridized carbons (Fsp3) is 0.167. The number of halogens is 1. The zero-order valence-corrected chi connectivity index (χ0v) is 13.5. The van der Waals surface area contributed by atoms with Crippen LogP contribution in [0.4, 0.5) is 16.2 Å². The summed E-state index contributed by atoms with van der Waals surface area (Å²) in [5, 5.41) is 3.31. The molecular weight excluding hydrogens is 312 g/mol. The van der Waals surface area contributed by atoms with Crippen molar-refractivity contribution in [3.05, 3.63) is 59.1 Å². The first kappa shape index (κ1) is 16.7. The molecule has 0 spiro atoms.